The zero-order valence-electron chi connectivity index (χ0n) is 8.64. The number of carboxylic acids is 1. The monoisotopic (exact) mass is 217 g/mol. The predicted octanol–water partition coefficient (Wildman–Crippen LogP) is 1.50. The molecule has 0 saturated heterocycles. The third-order valence-corrected chi connectivity index (χ3v) is 3.17. The Labute approximate surface area is 92.5 Å². The lowest BCUT2D eigenvalue weighted by atomic mass is 10.1. The first-order valence-corrected chi connectivity index (χ1v) is 5.34. The van der Waals surface area contributed by atoms with Crippen molar-refractivity contribution in [1.82, 2.24) is 4.90 Å². The molecule has 1 aliphatic heterocycles. The fraction of sp³-hybridized carbons (Fsp3) is 0.333. The van der Waals surface area contributed by atoms with E-state index in [2.05, 4.69) is 0 Å². The second-order valence-corrected chi connectivity index (χ2v) is 4.34. The van der Waals surface area contributed by atoms with Crippen molar-refractivity contribution < 1.29 is 14.7 Å². The third kappa shape index (κ3) is 1.30. The van der Waals surface area contributed by atoms with Gasteiger partial charge in [-0.05, 0) is 36.6 Å². The minimum Gasteiger partial charge on any atom is -0.478 e. The van der Waals surface area contributed by atoms with Gasteiger partial charge in [0.2, 0.25) is 0 Å². The van der Waals surface area contributed by atoms with E-state index in [0.29, 0.717) is 18.2 Å². The van der Waals surface area contributed by atoms with Gasteiger partial charge in [0.15, 0.2) is 0 Å². The molecule has 1 aromatic rings. The number of rotatable bonds is 2. The first-order valence-electron chi connectivity index (χ1n) is 5.34. The Morgan fingerprint density at radius 1 is 1.38 bits per heavy atom. The molecule has 2 aliphatic rings. The largest absolute Gasteiger partial charge is 0.478 e. The molecule has 1 heterocycles. The molecule has 1 amide bonds. The molecule has 0 spiro atoms. The number of carboxylic acid groups (broad SMARTS) is 1. The topological polar surface area (TPSA) is 57.6 Å². The fourth-order valence-electron chi connectivity index (χ4n) is 2.16. The van der Waals surface area contributed by atoms with Crippen molar-refractivity contribution in [2.45, 2.75) is 25.4 Å². The van der Waals surface area contributed by atoms with Gasteiger partial charge in [-0.15, -0.1) is 0 Å². The van der Waals surface area contributed by atoms with E-state index in [1.807, 2.05) is 4.90 Å². The minimum absolute atomic E-state index is 0.0504. The second kappa shape index (κ2) is 3.07. The number of nitrogens with zero attached hydrogens (tertiary/aromatic N) is 1. The Hall–Kier alpha value is -1.84. The van der Waals surface area contributed by atoms with Crippen LogP contribution in [0.25, 0.3) is 0 Å². The smallest absolute Gasteiger partial charge is 0.335 e. The molecular formula is C12H11NO3. The average Bonchev–Trinajstić information content (AvgIpc) is 3.04. The number of benzene rings is 1. The molecule has 1 N–H and O–H groups in total. The summed E-state index contributed by atoms with van der Waals surface area (Å²) in [4.78, 5) is 24.6. The lowest BCUT2D eigenvalue weighted by Gasteiger charge is -2.13. The number of carbonyl (C=O) groups excluding carboxylic acids is 1. The van der Waals surface area contributed by atoms with Crippen molar-refractivity contribution in [2.75, 3.05) is 0 Å². The highest BCUT2D eigenvalue weighted by Crippen LogP contribution is 2.34. The lowest BCUT2D eigenvalue weighted by molar-refractivity contribution is 0.0695. The molecule has 0 bridgehead atoms. The summed E-state index contributed by atoms with van der Waals surface area (Å²) in [7, 11) is 0. The molecule has 1 saturated carbocycles. The molecule has 16 heavy (non-hydrogen) atoms. The summed E-state index contributed by atoms with van der Waals surface area (Å²) in [6.45, 7) is 0.569. The normalized spacial score (nSPS) is 18.8. The van der Waals surface area contributed by atoms with Gasteiger partial charge in [0.1, 0.15) is 0 Å². The third-order valence-electron chi connectivity index (χ3n) is 3.17. The van der Waals surface area contributed by atoms with Crippen molar-refractivity contribution in [3.63, 3.8) is 0 Å². The zero-order chi connectivity index (χ0) is 11.3. The number of amides is 1. The average molecular weight is 217 g/mol. The van der Waals surface area contributed by atoms with Gasteiger partial charge in [0, 0.05) is 18.2 Å². The zero-order valence-corrected chi connectivity index (χ0v) is 8.64. The maximum atomic E-state index is 11.9. The highest BCUT2D eigenvalue weighted by atomic mass is 16.4. The number of hydrogen-bond acceptors (Lipinski definition) is 2. The van der Waals surface area contributed by atoms with E-state index in [1.165, 1.54) is 6.07 Å². The van der Waals surface area contributed by atoms with Crippen molar-refractivity contribution >= 4 is 11.9 Å². The van der Waals surface area contributed by atoms with Crippen molar-refractivity contribution in [3.05, 3.63) is 34.9 Å². The van der Waals surface area contributed by atoms with Crippen LogP contribution in [0.1, 0.15) is 39.1 Å². The van der Waals surface area contributed by atoms with E-state index in [1.54, 1.807) is 12.1 Å². The first kappa shape index (κ1) is 9.39. The van der Waals surface area contributed by atoms with Crippen LogP contribution in [0.4, 0.5) is 0 Å². The first-order chi connectivity index (χ1) is 7.66. The summed E-state index contributed by atoms with van der Waals surface area (Å²) >= 11 is 0. The van der Waals surface area contributed by atoms with Gasteiger partial charge in [-0.2, -0.15) is 0 Å². The van der Waals surface area contributed by atoms with Crippen LogP contribution in [0.5, 0.6) is 0 Å². The number of hydrogen-bond donors (Lipinski definition) is 1. The predicted molar refractivity (Wildman–Crippen MR) is 56.3 cm³/mol. The summed E-state index contributed by atoms with van der Waals surface area (Å²) < 4.78 is 0. The molecule has 1 aliphatic carbocycles. The maximum Gasteiger partial charge on any atom is 0.335 e. The Morgan fingerprint density at radius 2 is 2.12 bits per heavy atom. The van der Waals surface area contributed by atoms with Crippen LogP contribution in [0.2, 0.25) is 0 Å². The van der Waals surface area contributed by atoms with Gasteiger partial charge in [0.25, 0.3) is 5.91 Å². The molecule has 0 aromatic heterocycles. The van der Waals surface area contributed by atoms with Crippen molar-refractivity contribution in [2.24, 2.45) is 0 Å². The molecule has 4 heteroatoms. The summed E-state index contributed by atoms with van der Waals surface area (Å²) in [5, 5.41) is 8.87. The minimum atomic E-state index is -0.944. The second-order valence-electron chi connectivity index (χ2n) is 4.34. The Morgan fingerprint density at radius 3 is 2.75 bits per heavy atom. The number of fused-ring (bicyclic) bond motifs is 1. The molecule has 3 rings (SSSR count). The van der Waals surface area contributed by atoms with Crippen LogP contribution in [-0.2, 0) is 6.54 Å². The van der Waals surface area contributed by atoms with E-state index in [9.17, 15) is 9.59 Å². The molecule has 82 valence electrons. The SMILES string of the molecule is O=C(O)c1ccc2c(c1)CN(C1CC1)C2=O. The van der Waals surface area contributed by atoms with Crippen LogP contribution in [-0.4, -0.2) is 27.9 Å². The Balaban J connectivity index is 1.98. The summed E-state index contributed by atoms with van der Waals surface area (Å²) in [6.07, 6.45) is 2.15. The molecule has 0 radical (unpaired) electrons. The summed E-state index contributed by atoms with van der Waals surface area (Å²) in [5.41, 5.74) is 1.76. The van der Waals surface area contributed by atoms with Gasteiger partial charge >= 0.3 is 5.97 Å². The van der Waals surface area contributed by atoms with Crippen LogP contribution >= 0.6 is 0 Å². The molecule has 1 aromatic carbocycles. The number of carbonyl (C=O) groups is 2. The van der Waals surface area contributed by atoms with E-state index >= 15 is 0 Å². The van der Waals surface area contributed by atoms with Gasteiger partial charge in [-0.1, -0.05) is 0 Å². The molecule has 0 atom stereocenters. The van der Waals surface area contributed by atoms with Gasteiger partial charge in [-0.3, -0.25) is 4.79 Å². The number of aromatic carboxylic acids is 1. The van der Waals surface area contributed by atoms with E-state index in [4.69, 9.17) is 5.11 Å². The summed E-state index contributed by atoms with van der Waals surface area (Å²) in [6, 6.07) is 5.12. The maximum absolute atomic E-state index is 11.9. The molecular weight excluding hydrogens is 206 g/mol. The van der Waals surface area contributed by atoms with Crippen LogP contribution in [0.15, 0.2) is 18.2 Å². The van der Waals surface area contributed by atoms with Crippen LogP contribution in [0, 0.1) is 0 Å². The summed E-state index contributed by atoms with van der Waals surface area (Å²) in [5.74, 6) is -0.894. The van der Waals surface area contributed by atoms with Crippen molar-refractivity contribution in [1.29, 1.82) is 0 Å². The molecule has 4 nitrogen and oxygen atoms in total. The molecule has 0 unspecified atom stereocenters. The highest BCUT2D eigenvalue weighted by Gasteiger charge is 2.38. The van der Waals surface area contributed by atoms with E-state index in [-0.39, 0.29) is 11.5 Å². The van der Waals surface area contributed by atoms with Crippen LogP contribution in [0.3, 0.4) is 0 Å². The van der Waals surface area contributed by atoms with Gasteiger partial charge in [0.05, 0.1) is 5.56 Å². The Bertz CT molecular complexity index is 491. The van der Waals surface area contributed by atoms with E-state index in [0.717, 1.165) is 18.4 Å². The van der Waals surface area contributed by atoms with Crippen LogP contribution < -0.4 is 0 Å². The Kier molecular flexibility index (Phi) is 1.80. The lowest BCUT2D eigenvalue weighted by Crippen LogP contribution is -2.25. The quantitative estimate of drug-likeness (QED) is 0.816. The highest BCUT2D eigenvalue weighted by molar-refractivity contribution is 6.00. The van der Waals surface area contributed by atoms with Gasteiger partial charge < -0.3 is 10.0 Å². The van der Waals surface area contributed by atoms with Gasteiger partial charge in [-0.25, -0.2) is 4.79 Å². The van der Waals surface area contributed by atoms with E-state index < -0.39 is 5.97 Å². The standard InChI is InChI=1S/C12H11NO3/c14-11-10-4-1-7(12(15)16)5-8(10)6-13(11)9-2-3-9/h1,4-5,9H,2-3,6H2,(H,15,16). The fourth-order valence-corrected chi connectivity index (χ4v) is 2.16. The van der Waals surface area contributed by atoms with Crippen molar-refractivity contribution in [3.8, 4) is 0 Å². The molecule has 1 fully saturated rings.